The van der Waals surface area contributed by atoms with Crippen molar-refractivity contribution >= 4 is 5.91 Å². The topological polar surface area (TPSA) is 29.1 Å². The summed E-state index contributed by atoms with van der Waals surface area (Å²) in [6, 6.07) is 5.93. The Kier molecular flexibility index (Phi) is 4.53. The Morgan fingerprint density at radius 3 is 2.31 bits per heavy atom. The standard InChI is InChI=1S/C14H21NO/c1-5-10(2)9-15-14(16)13-7-11(3)6-12(4)8-13/h6-8,10H,5,9H2,1-4H3,(H,15,16). The highest BCUT2D eigenvalue weighted by molar-refractivity contribution is 5.94. The molecule has 1 aromatic carbocycles. The van der Waals surface area contributed by atoms with Crippen LogP contribution in [0.25, 0.3) is 0 Å². The fourth-order valence-corrected chi connectivity index (χ4v) is 1.62. The van der Waals surface area contributed by atoms with E-state index in [1.807, 2.05) is 26.0 Å². The van der Waals surface area contributed by atoms with Gasteiger partial charge in [-0.2, -0.15) is 0 Å². The van der Waals surface area contributed by atoms with Crippen molar-refractivity contribution in [3.8, 4) is 0 Å². The normalized spacial score (nSPS) is 12.2. The summed E-state index contributed by atoms with van der Waals surface area (Å²) in [6.07, 6.45) is 1.09. The number of hydrogen-bond acceptors (Lipinski definition) is 1. The fraction of sp³-hybridized carbons (Fsp3) is 0.500. The molecule has 0 heterocycles. The van der Waals surface area contributed by atoms with Crippen molar-refractivity contribution in [2.24, 2.45) is 5.92 Å². The van der Waals surface area contributed by atoms with Crippen LogP contribution in [-0.2, 0) is 0 Å². The third-order valence-electron chi connectivity index (χ3n) is 2.79. The van der Waals surface area contributed by atoms with E-state index in [2.05, 4.69) is 25.2 Å². The van der Waals surface area contributed by atoms with E-state index in [4.69, 9.17) is 0 Å². The van der Waals surface area contributed by atoms with E-state index in [0.717, 1.165) is 29.7 Å². The molecule has 1 amide bonds. The molecule has 0 bridgehead atoms. The highest BCUT2D eigenvalue weighted by Gasteiger charge is 2.07. The lowest BCUT2D eigenvalue weighted by atomic mass is 10.1. The van der Waals surface area contributed by atoms with Crippen LogP contribution in [0.3, 0.4) is 0 Å². The van der Waals surface area contributed by atoms with Crippen molar-refractivity contribution < 1.29 is 4.79 Å². The van der Waals surface area contributed by atoms with Gasteiger partial charge in [-0.3, -0.25) is 4.79 Å². The third-order valence-corrected chi connectivity index (χ3v) is 2.79. The Labute approximate surface area is 98.1 Å². The Hall–Kier alpha value is -1.31. The lowest BCUT2D eigenvalue weighted by Crippen LogP contribution is -2.28. The van der Waals surface area contributed by atoms with Crippen LogP contribution in [0.1, 0.15) is 41.8 Å². The number of carbonyl (C=O) groups is 1. The van der Waals surface area contributed by atoms with Crippen LogP contribution in [0.5, 0.6) is 0 Å². The number of aryl methyl sites for hydroxylation is 2. The highest BCUT2D eigenvalue weighted by Crippen LogP contribution is 2.09. The van der Waals surface area contributed by atoms with Crippen molar-refractivity contribution in [3.05, 3.63) is 34.9 Å². The van der Waals surface area contributed by atoms with Gasteiger partial charge in [-0.25, -0.2) is 0 Å². The van der Waals surface area contributed by atoms with Crippen LogP contribution >= 0.6 is 0 Å². The monoisotopic (exact) mass is 219 g/mol. The van der Waals surface area contributed by atoms with Gasteiger partial charge in [0.25, 0.3) is 5.91 Å². The summed E-state index contributed by atoms with van der Waals surface area (Å²) in [7, 11) is 0. The number of amides is 1. The Morgan fingerprint density at radius 1 is 1.25 bits per heavy atom. The van der Waals surface area contributed by atoms with E-state index in [9.17, 15) is 4.79 Å². The third kappa shape index (κ3) is 3.69. The van der Waals surface area contributed by atoms with Gasteiger partial charge in [0.15, 0.2) is 0 Å². The molecule has 0 saturated heterocycles. The molecule has 1 unspecified atom stereocenters. The number of carbonyl (C=O) groups excluding carboxylic acids is 1. The second-order valence-electron chi connectivity index (χ2n) is 4.60. The van der Waals surface area contributed by atoms with E-state index >= 15 is 0 Å². The van der Waals surface area contributed by atoms with Crippen molar-refractivity contribution in [2.75, 3.05) is 6.54 Å². The molecule has 0 radical (unpaired) electrons. The van der Waals surface area contributed by atoms with Crippen molar-refractivity contribution in [1.82, 2.24) is 5.32 Å². The maximum atomic E-state index is 11.9. The van der Waals surface area contributed by atoms with Crippen LogP contribution in [0.4, 0.5) is 0 Å². The number of rotatable bonds is 4. The molecule has 1 rings (SSSR count). The van der Waals surface area contributed by atoms with Crippen LogP contribution in [-0.4, -0.2) is 12.5 Å². The molecule has 0 aliphatic carbocycles. The molecule has 0 aliphatic heterocycles. The van der Waals surface area contributed by atoms with E-state index in [1.165, 1.54) is 0 Å². The van der Waals surface area contributed by atoms with Gasteiger partial charge in [-0.05, 0) is 31.9 Å². The van der Waals surface area contributed by atoms with Crippen molar-refractivity contribution in [2.45, 2.75) is 34.1 Å². The van der Waals surface area contributed by atoms with Crippen molar-refractivity contribution in [3.63, 3.8) is 0 Å². The van der Waals surface area contributed by atoms with E-state index in [1.54, 1.807) is 0 Å². The van der Waals surface area contributed by atoms with Gasteiger partial charge in [0.1, 0.15) is 0 Å². The highest BCUT2D eigenvalue weighted by atomic mass is 16.1. The molecule has 2 heteroatoms. The second-order valence-corrected chi connectivity index (χ2v) is 4.60. The summed E-state index contributed by atoms with van der Waals surface area (Å²) in [5.41, 5.74) is 3.03. The zero-order valence-electron chi connectivity index (χ0n) is 10.6. The first kappa shape index (κ1) is 12.8. The minimum atomic E-state index is 0.0344. The number of hydrogen-bond donors (Lipinski definition) is 1. The molecular formula is C14H21NO. The molecule has 1 atom stereocenters. The molecule has 1 N–H and O–H groups in total. The smallest absolute Gasteiger partial charge is 0.251 e. The molecule has 0 aliphatic rings. The molecule has 0 saturated carbocycles. The first-order valence-electron chi connectivity index (χ1n) is 5.89. The van der Waals surface area contributed by atoms with Gasteiger partial charge in [-0.15, -0.1) is 0 Å². The number of nitrogens with one attached hydrogen (secondary N) is 1. The first-order valence-corrected chi connectivity index (χ1v) is 5.89. The fourth-order valence-electron chi connectivity index (χ4n) is 1.62. The maximum Gasteiger partial charge on any atom is 0.251 e. The zero-order chi connectivity index (χ0) is 12.1. The SMILES string of the molecule is CCC(C)CNC(=O)c1cc(C)cc(C)c1. The minimum absolute atomic E-state index is 0.0344. The van der Waals surface area contributed by atoms with Gasteiger partial charge in [0.2, 0.25) is 0 Å². The number of benzene rings is 1. The van der Waals surface area contributed by atoms with Crippen molar-refractivity contribution in [1.29, 1.82) is 0 Å². The molecule has 0 spiro atoms. The summed E-state index contributed by atoms with van der Waals surface area (Å²) >= 11 is 0. The van der Waals surface area contributed by atoms with E-state index in [-0.39, 0.29) is 5.91 Å². The zero-order valence-corrected chi connectivity index (χ0v) is 10.6. The second kappa shape index (κ2) is 5.69. The van der Waals surface area contributed by atoms with Gasteiger partial charge < -0.3 is 5.32 Å². The average molecular weight is 219 g/mol. The van der Waals surface area contributed by atoms with E-state index in [0.29, 0.717) is 5.92 Å². The predicted molar refractivity (Wildman–Crippen MR) is 67.7 cm³/mol. The first-order chi connectivity index (χ1) is 7.52. The summed E-state index contributed by atoms with van der Waals surface area (Å²) in [4.78, 5) is 11.9. The largest absolute Gasteiger partial charge is 0.352 e. The summed E-state index contributed by atoms with van der Waals surface area (Å²) in [5.74, 6) is 0.571. The molecule has 0 aromatic heterocycles. The maximum absolute atomic E-state index is 11.9. The molecule has 2 nitrogen and oxygen atoms in total. The van der Waals surface area contributed by atoms with Gasteiger partial charge in [0, 0.05) is 12.1 Å². The summed E-state index contributed by atoms with van der Waals surface area (Å²) in [5, 5.41) is 2.97. The summed E-state index contributed by atoms with van der Waals surface area (Å²) < 4.78 is 0. The predicted octanol–water partition coefficient (Wildman–Crippen LogP) is 3.08. The van der Waals surface area contributed by atoms with Gasteiger partial charge >= 0.3 is 0 Å². The Balaban J connectivity index is 2.66. The minimum Gasteiger partial charge on any atom is -0.352 e. The Bertz CT molecular complexity index is 351. The molecule has 1 aromatic rings. The van der Waals surface area contributed by atoms with Gasteiger partial charge in [-0.1, -0.05) is 37.5 Å². The molecular weight excluding hydrogens is 198 g/mol. The summed E-state index contributed by atoms with van der Waals surface area (Å²) in [6.45, 7) is 9.05. The Morgan fingerprint density at radius 2 is 1.81 bits per heavy atom. The van der Waals surface area contributed by atoms with Gasteiger partial charge in [0.05, 0.1) is 0 Å². The van der Waals surface area contributed by atoms with E-state index < -0.39 is 0 Å². The lowest BCUT2D eigenvalue weighted by Gasteiger charge is -2.10. The quantitative estimate of drug-likeness (QED) is 0.828. The lowest BCUT2D eigenvalue weighted by molar-refractivity contribution is 0.0947. The van der Waals surface area contributed by atoms with Crippen LogP contribution < -0.4 is 5.32 Å². The van der Waals surface area contributed by atoms with Crippen LogP contribution in [0, 0.1) is 19.8 Å². The average Bonchev–Trinajstić information content (AvgIpc) is 2.23. The molecule has 16 heavy (non-hydrogen) atoms. The molecule has 88 valence electrons. The van der Waals surface area contributed by atoms with Crippen LogP contribution in [0.15, 0.2) is 18.2 Å². The van der Waals surface area contributed by atoms with Crippen LogP contribution in [0.2, 0.25) is 0 Å². The molecule has 0 fully saturated rings.